The lowest BCUT2D eigenvalue weighted by Crippen LogP contribution is -1.93. The maximum atomic E-state index is 8.24. The normalized spacial score (nSPS) is 9.67. The van der Waals surface area contributed by atoms with Crippen LogP contribution in [-0.4, -0.2) is 14.8 Å². The summed E-state index contributed by atoms with van der Waals surface area (Å²) in [5.74, 6) is 0.717. The Morgan fingerprint density at radius 1 is 1.33 bits per heavy atom. The average Bonchev–Trinajstić information content (AvgIpc) is 2.67. The van der Waals surface area contributed by atoms with Crippen molar-refractivity contribution in [1.29, 1.82) is 0 Å². The molecule has 0 saturated carbocycles. The number of azide groups is 1. The number of hydrogen-bond acceptors (Lipinski definition) is 3. The molecule has 0 N–H and O–H groups in total. The molecule has 6 nitrogen and oxygen atoms in total. The van der Waals surface area contributed by atoms with E-state index in [1.807, 2.05) is 19.1 Å². The largest absolute Gasteiger partial charge is 0.221 e. The Hall–Kier alpha value is -2.33. The fourth-order valence-electron chi connectivity index (χ4n) is 1.19. The summed E-state index contributed by atoms with van der Waals surface area (Å²) in [6.07, 6.45) is 1.64. The highest BCUT2D eigenvalue weighted by molar-refractivity contribution is 5.43. The first kappa shape index (κ1) is 9.23. The summed E-state index contributed by atoms with van der Waals surface area (Å²) in [4.78, 5) is 6.72. The van der Waals surface area contributed by atoms with Gasteiger partial charge < -0.3 is 0 Å². The third-order valence-corrected chi connectivity index (χ3v) is 1.88. The topological polar surface area (TPSA) is 79.5 Å². The van der Waals surface area contributed by atoms with Crippen LogP contribution in [0.2, 0.25) is 0 Å². The summed E-state index contributed by atoms with van der Waals surface area (Å²) in [7, 11) is 0. The second kappa shape index (κ2) is 3.81. The lowest BCUT2D eigenvalue weighted by Gasteiger charge is -1.99. The summed E-state index contributed by atoms with van der Waals surface area (Å²) < 4.78 is 1.66. The molecule has 0 atom stereocenters. The number of hydrogen-bond donors (Lipinski definition) is 0. The van der Waals surface area contributed by atoms with E-state index in [1.54, 1.807) is 23.1 Å². The highest BCUT2D eigenvalue weighted by Crippen LogP contribution is 2.15. The summed E-state index contributed by atoms with van der Waals surface area (Å²) in [6.45, 7) is 1.82. The predicted molar refractivity (Wildman–Crippen MR) is 54.9 cm³/mol. The lowest BCUT2D eigenvalue weighted by molar-refractivity contribution is 0.863. The van der Waals surface area contributed by atoms with Crippen molar-refractivity contribution >= 4 is 5.69 Å². The molecule has 0 unspecified atom stereocenters. The van der Waals surface area contributed by atoms with Gasteiger partial charge in [-0.3, -0.25) is 0 Å². The Morgan fingerprint density at radius 2 is 2.07 bits per heavy atom. The smallest absolute Gasteiger partial charge is 0.147 e. The van der Waals surface area contributed by atoms with Gasteiger partial charge >= 0.3 is 0 Å². The van der Waals surface area contributed by atoms with Gasteiger partial charge in [-0.2, -0.15) is 5.10 Å². The molecule has 15 heavy (non-hydrogen) atoms. The first-order valence-electron chi connectivity index (χ1n) is 4.33. The zero-order valence-corrected chi connectivity index (χ0v) is 8.07. The van der Waals surface area contributed by atoms with Crippen molar-refractivity contribution in [3.8, 4) is 5.69 Å². The molecule has 0 spiro atoms. The predicted octanol–water partition coefficient (Wildman–Crippen LogP) is 2.52. The molecule has 0 bridgehead atoms. The van der Waals surface area contributed by atoms with Gasteiger partial charge in [-0.25, -0.2) is 9.67 Å². The second-order valence-corrected chi connectivity index (χ2v) is 2.94. The third-order valence-electron chi connectivity index (χ3n) is 1.88. The molecule has 74 valence electrons. The van der Waals surface area contributed by atoms with Gasteiger partial charge in [0.25, 0.3) is 0 Å². The highest BCUT2D eigenvalue weighted by Gasteiger charge is 1.98. The molecule has 2 rings (SSSR count). The first-order valence-corrected chi connectivity index (χ1v) is 4.33. The first-order chi connectivity index (χ1) is 7.29. The van der Waals surface area contributed by atoms with E-state index >= 15 is 0 Å². The van der Waals surface area contributed by atoms with Crippen LogP contribution in [0.15, 0.2) is 35.7 Å². The Kier molecular flexibility index (Phi) is 2.35. The van der Waals surface area contributed by atoms with Gasteiger partial charge in [-0.05, 0) is 24.6 Å². The van der Waals surface area contributed by atoms with Crippen LogP contribution in [0.4, 0.5) is 5.69 Å². The Balaban J connectivity index is 2.35. The van der Waals surface area contributed by atoms with Crippen LogP contribution in [0.3, 0.4) is 0 Å². The minimum absolute atomic E-state index is 0.582. The van der Waals surface area contributed by atoms with Gasteiger partial charge in [0, 0.05) is 10.6 Å². The Morgan fingerprint density at radius 3 is 2.60 bits per heavy atom. The van der Waals surface area contributed by atoms with E-state index < -0.39 is 0 Å². The monoisotopic (exact) mass is 200 g/mol. The van der Waals surface area contributed by atoms with Crippen molar-refractivity contribution in [1.82, 2.24) is 14.8 Å². The molecule has 0 radical (unpaired) electrons. The van der Waals surface area contributed by atoms with Crippen molar-refractivity contribution in [2.45, 2.75) is 6.92 Å². The lowest BCUT2D eigenvalue weighted by atomic mass is 10.3. The molecule has 0 aliphatic heterocycles. The number of benzene rings is 1. The molecule has 1 heterocycles. The van der Waals surface area contributed by atoms with E-state index in [0.717, 1.165) is 5.69 Å². The quantitative estimate of drug-likeness (QED) is 0.424. The zero-order valence-electron chi connectivity index (χ0n) is 8.07. The number of nitrogens with zero attached hydrogens (tertiary/aromatic N) is 6. The molecule has 2 aromatic rings. The van der Waals surface area contributed by atoms with Crippen LogP contribution in [0.5, 0.6) is 0 Å². The molecular formula is C9H8N6. The molecule has 0 aliphatic carbocycles. The molecule has 0 fully saturated rings. The summed E-state index contributed by atoms with van der Waals surface area (Å²) >= 11 is 0. The molecule has 0 aliphatic rings. The van der Waals surface area contributed by atoms with E-state index in [1.165, 1.54) is 0 Å². The summed E-state index contributed by atoms with van der Waals surface area (Å²) in [5.41, 5.74) is 9.70. The molecule has 1 aromatic heterocycles. The van der Waals surface area contributed by atoms with E-state index in [-0.39, 0.29) is 0 Å². The van der Waals surface area contributed by atoms with Crippen molar-refractivity contribution in [2.75, 3.05) is 0 Å². The van der Waals surface area contributed by atoms with Gasteiger partial charge in [0.05, 0.1) is 5.69 Å². The van der Waals surface area contributed by atoms with Gasteiger partial charge in [0.15, 0.2) is 0 Å². The maximum Gasteiger partial charge on any atom is 0.147 e. The Labute approximate surface area is 85.8 Å². The van der Waals surface area contributed by atoms with Crippen LogP contribution in [-0.2, 0) is 0 Å². The second-order valence-electron chi connectivity index (χ2n) is 2.94. The molecule has 0 saturated heterocycles. The van der Waals surface area contributed by atoms with Crippen LogP contribution in [0, 0.1) is 6.92 Å². The van der Waals surface area contributed by atoms with Crippen molar-refractivity contribution in [3.63, 3.8) is 0 Å². The number of aryl methyl sites for hydroxylation is 1. The SMILES string of the molecule is Cc1ncn(-c2ccc(N=[N+]=[N-])cc2)n1. The van der Waals surface area contributed by atoms with Crippen LogP contribution < -0.4 is 0 Å². The third kappa shape index (κ3) is 1.95. The molecular weight excluding hydrogens is 192 g/mol. The fourth-order valence-corrected chi connectivity index (χ4v) is 1.19. The van der Waals surface area contributed by atoms with Crippen LogP contribution in [0.1, 0.15) is 5.82 Å². The number of rotatable bonds is 2. The van der Waals surface area contributed by atoms with Crippen molar-refractivity contribution in [2.24, 2.45) is 5.11 Å². The van der Waals surface area contributed by atoms with Gasteiger partial charge in [-0.15, -0.1) is 0 Å². The maximum absolute atomic E-state index is 8.24. The van der Waals surface area contributed by atoms with Gasteiger partial charge in [0.1, 0.15) is 12.2 Å². The summed E-state index contributed by atoms with van der Waals surface area (Å²) in [6, 6.07) is 7.09. The van der Waals surface area contributed by atoms with Gasteiger partial charge in [-0.1, -0.05) is 17.2 Å². The minimum atomic E-state index is 0.582. The Bertz CT molecular complexity index is 506. The highest BCUT2D eigenvalue weighted by atomic mass is 15.3. The van der Waals surface area contributed by atoms with Crippen LogP contribution >= 0.6 is 0 Å². The standard InChI is InChI=1S/C9H8N6/c1-7-11-6-15(13-7)9-4-2-8(3-5-9)12-14-10/h2-6H,1H3. The van der Waals surface area contributed by atoms with Crippen molar-refractivity contribution < 1.29 is 0 Å². The molecule has 1 aromatic carbocycles. The minimum Gasteiger partial charge on any atom is -0.221 e. The van der Waals surface area contributed by atoms with Crippen LogP contribution in [0.25, 0.3) is 16.1 Å². The van der Waals surface area contributed by atoms with E-state index in [0.29, 0.717) is 11.5 Å². The summed E-state index contributed by atoms with van der Waals surface area (Å²) in [5, 5.41) is 7.64. The van der Waals surface area contributed by atoms with E-state index in [2.05, 4.69) is 20.1 Å². The molecule has 6 heteroatoms. The number of aromatic nitrogens is 3. The fraction of sp³-hybridized carbons (Fsp3) is 0.111. The zero-order chi connectivity index (χ0) is 10.7. The van der Waals surface area contributed by atoms with E-state index in [4.69, 9.17) is 5.53 Å². The molecule has 0 amide bonds. The van der Waals surface area contributed by atoms with Gasteiger partial charge in [0.2, 0.25) is 0 Å². The average molecular weight is 200 g/mol. The van der Waals surface area contributed by atoms with E-state index in [9.17, 15) is 0 Å². The van der Waals surface area contributed by atoms with Crippen molar-refractivity contribution in [3.05, 3.63) is 46.9 Å².